The fourth-order valence-corrected chi connectivity index (χ4v) is 2.33. The highest BCUT2D eigenvalue weighted by Crippen LogP contribution is 2.26. The van der Waals surface area contributed by atoms with Crippen LogP contribution in [0.5, 0.6) is 0 Å². The van der Waals surface area contributed by atoms with Gasteiger partial charge in [0.15, 0.2) is 6.29 Å². The highest BCUT2D eigenvalue weighted by molar-refractivity contribution is 5.85. The molecule has 0 bridgehead atoms. The highest BCUT2D eigenvalue weighted by atomic mass is 35.5. The molecule has 0 aliphatic rings. The Morgan fingerprint density at radius 1 is 1.27 bits per heavy atom. The number of carbonyl (C=O) groups is 2. The van der Waals surface area contributed by atoms with Crippen molar-refractivity contribution >= 4 is 30.3 Å². The second kappa shape index (κ2) is 9.89. The molecule has 6 nitrogen and oxygen atoms in total. The van der Waals surface area contributed by atoms with Crippen LogP contribution in [-0.2, 0) is 11.2 Å². The lowest BCUT2D eigenvalue weighted by Gasteiger charge is -2.07. The Morgan fingerprint density at radius 3 is 2.45 bits per heavy atom. The Hall–Kier alpha value is -1.95. The molecular formula is C15H20ClNO5. The van der Waals surface area contributed by atoms with E-state index in [1.807, 2.05) is 0 Å². The van der Waals surface area contributed by atoms with E-state index < -0.39 is 10.9 Å². The van der Waals surface area contributed by atoms with Gasteiger partial charge in [-0.2, -0.15) is 0 Å². The predicted molar refractivity (Wildman–Crippen MR) is 84.9 cm³/mol. The van der Waals surface area contributed by atoms with Crippen LogP contribution in [0.3, 0.4) is 0 Å². The molecule has 0 radical (unpaired) electrons. The van der Waals surface area contributed by atoms with E-state index in [0.717, 1.165) is 24.8 Å². The van der Waals surface area contributed by atoms with Gasteiger partial charge < -0.3 is 5.11 Å². The summed E-state index contributed by atoms with van der Waals surface area (Å²) in [6.45, 7) is 1.80. The first-order valence-electron chi connectivity index (χ1n) is 6.90. The summed E-state index contributed by atoms with van der Waals surface area (Å²) in [5.41, 5.74) is 1.39. The molecular weight excluding hydrogens is 310 g/mol. The summed E-state index contributed by atoms with van der Waals surface area (Å²) in [5, 5.41) is 19.6. The topological polar surface area (TPSA) is 97.5 Å². The Labute approximate surface area is 135 Å². The monoisotopic (exact) mass is 329 g/mol. The van der Waals surface area contributed by atoms with Gasteiger partial charge in [0, 0.05) is 12.0 Å². The third-order valence-electron chi connectivity index (χ3n) is 3.26. The van der Waals surface area contributed by atoms with Crippen LogP contribution in [0.1, 0.15) is 53.6 Å². The van der Waals surface area contributed by atoms with Crippen molar-refractivity contribution in [2.75, 3.05) is 0 Å². The summed E-state index contributed by atoms with van der Waals surface area (Å²) in [5.74, 6) is -0.806. The molecule has 1 N–H and O–H groups in total. The summed E-state index contributed by atoms with van der Waals surface area (Å²) in [6, 6.07) is 3.25. The molecule has 0 amide bonds. The number of halogens is 1. The lowest BCUT2D eigenvalue weighted by molar-refractivity contribution is -0.385. The largest absolute Gasteiger partial charge is 0.481 e. The summed E-state index contributed by atoms with van der Waals surface area (Å²) < 4.78 is 0. The average molecular weight is 330 g/mol. The molecule has 0 aromatic heterocycles. The fourth-order valence-electron chi connectivity index (χ4n) is 2.33. The molecule has 7 heteroatoms. The van der Waals surface area contributed by atoms with Crippen LogP contribution in [0.15, 0.2) is 12.1 Å². The van der Waals surface area contributed by atoms with Gasteiger partial charge in [-0.1, -0.05) is 12.8 Å². The Morgan fingerprint density at radius 2 is 1.91 bits per heavy atom. The first-order chi connectivity index (χ1) is 9.95. The highest BCUT2D eigenvalue weighted by Gasteiger charge is 2.19. The van der Waals surface area contributed by atoms with Crippen LogP contribution in [0.2, 0.25) is 0 Å². The molecule has 22 heavy (non-hydrogen) atoms. The normalized spacial score (nSPS) is 9.86. The summed E-state index contributed by atoms with van der Waals surface area (Å²) in [6.07, 6.45) is 4.14. The molecule has 0 saturated carbocycles. The number of aryl methyl sites for hydroxylation is 2. The van der Waals surface area contributed by atoms with Crippen LogP contribution < -0.4 is 0 Å². The Kier molecular flexibility index (Phi) is 9.01. The molecule has 0 unspecified atom stereocenters. The molecule has 0 fully saturated rings. The zero-order chi connectivity index (χ0) is 15.8. The molecule has 1 aromatic rings. The van der Waals surface area contributed by atoms with Crippen molar-refractivity contribution < 1.29 is 19.6 Å². The van der Waals surface area contributed by atoms with E-state index in [4.69, 9.17) is 5.11 Å². The third-order valence-corrected chi connectivity index (χ3v) is 3.26. The van der Waals surface area contributed by atoms with E-state index in [2.05, 4.69) is 0 Å². The van der Waals surface area contributed by atoms with Gasteiger partial charge >= 0.3 is 5.97 Å². The predicted octanol–water partition coefficient (Wildman–Crippen LogP) is 3.72. The Bertz CT molecular complexity index is 545. The number of nitro benzene ring substituents is 1. The van der Waals surface area contributed by atoms with Gasteiger partial charge in [0.25, 0.3) is 5.69 Å². The molecule has 0 saturated heterocycles. The van der Waals surface area contributed by atoms with Crippen LogP contribution in [0.25, 0.3) is 0 Å². The summed E-state index contributed by atoms with van der Waals surface area (Å²) in [7, 11) is 0. The molecule has 1 aromatic carbocycles. The maximum absolute atomic E-state index is 11.1. The van der Waals surface area contributed by atoms with Crippen LogP contribution in [0, 0.1) is 17.0 Å². The van der Waals surface area contributed by atoms with Gasteiger partial charge in [0.05, 0.1) is 10.5 Å². The number of nitro groups is 1. The second-order valence-electron chi connectivity index (χ2n) is 5.04. The van der Waals surface area contributed by atoms with Gasteiger partial charge in [-0.25, -0.2) is 0 Å². The quantitative estimate of drug-likeness (QED) is 0.322. The first kappa shape index (κ1) is 20.1. The second-order valence-corrected chi connectivity index (χ2v) is 5.04. The summed E-state index contributed by atoms with van der Waals surface area (Å²) >= 11 is 0. The van der Waals surface area contributed by atoms with Crippen molar-refractivity contribution in [3.05, 3.63) is 38.9 Å². The number of benzene rings is 1. The Balaban J connectivity index is 0.00000441. The van der Waals surface area contributed by atoms with Crippen molar-refractivity contribution in [3.63, 3.8) is 0 Å². The van der Waals surface area contributed by atoms with Crippen molar-refractivity contribution in [1.82, 2.24) is 0 Å². The molecule has 0 aliphatic heterocycles. The number of carbonyl (C=O) groups excluding carboxylic acids is 1. The number of nitrogens with zero attached hydrogens (tertiary/aromatic N) is 1. The first-order valence-corrected chi connectivity index (χ1v) is 6.90. The number of carboxylic acids is 1. The maximum Gasteiger partial charge on any atom is 0.303 e. The summed E-state index contributed by atoms with van der Waals surface area (Å²) in [4.78, 5) is 31.9. The molecule has 122 valence electrons. The number of aliphatic carboxylic acids is 1. The molecule has 1 rings (SSSR count). The van der Waals surface area contributed by atoms with E-state index in [9.17, 15) is 19.7 Å². The number of carboxylic acid groups (broad SMARTS) is 1. The van der Waals surface area contributed by atoms with Gasteiger partial charge in [-0.05, 0) is 43.9 Å². The minimum Gasteiger partial charge on any atom is -0.481 e. The van der Waals surface area contributed by atoms with Crippen molar-refractivity contribution in [1.29, 1.82) is 0 Å². The zero-order valence-corrected chi connectivity index (χ0v) is 13.2. The number of hydrogen-bond donors (Lipinski definition) is 1. The van der Waals surface area contributed by atoms with Crippen molar-refractivity contribution in [3.8, 4) is 0 Å². The van der Waals surface area contributed by atoms with E-state index in [-0.39, 0.29) is 30.1 Å². The number of unbranched alkanes of at least 4 members (excludes halogenated alkanes) is 3. The van der Waals surface area contributed by atoms with Gasteiger partial charge in [-0.15, -0.1) is 12.4 Å². The van der Waals surface area contributed by atoms with E-state index in [0.29, 0.717) is 24.7 Å². The van der Waals surface area contributed by atoms with Gasteiger partial charge in [0.2, 0.25) is 0 Å². The molecule has 0 heterocycles. The molecule has 0 spiro atoms. The molecule has 0 atom stereocenters. The average Bonchev–Trinajstić information content (AvgIpc) is 2.41. The van der Waals surface area contributed by atoms with E-state index in [1.165, 1.54) is 6.07 Å². The van der Waals surface area contributed by atoms with E-state index >= 15 is 0 Å². The number of hydrogen-bond acceptors (Lipinski definition) is 4. The van der Waals surface area contributed by atoms with Crippen LogP contribution in [-0.4, -0.2) is 22.3 Å². The third kappa shape index (κ3) is 6.22. The van der Waals surface area contributed by atoms with Gasteiger partial charge in [-0.3, -0.25) is 19.7 Å². The van der Waals surface area contributed by atoms with Crippen molar-refractivity contribution in [2.24, 2.45) is 0 Å². The van der Waals surface area contributed by atoms with Crippen molar-refractivity contribution in [2.45, 2.75) is 45.4 Å². The SMILES string of the molecule is Cc1cc(C=O)c([N+](=O)[O-])c(CCCCCCC(=O)O)c1.Cl. The van der Waals surface area contributed by atoms with Gasteiger partial charge in [0.1, 0.15) is 0 Å². The van der Waals surface area contributed by atoms with E-state index in [1.54, 1.807) is 13.0 Å². The lowest BCUT2D eigenvalue weighted by Crippen LogP contribution is -2.01. The van der Waals surface area contributed by atoms with Crippen LogP contribution >= 0.6 is 12.4 Å². The standard InChI is InChI=1S/C15H19NO5.ClH/c1-11-8-12(6-4-2-3-5-7-14(18)19)15(16(20)21)13(9-11)10-17;/h8-10H,2-7H2,1H3,(H,18,19);1H. The maximum atomic E-state index is 11.1. The molecule has 0 aliphatic carbocycles. The minimum absolute atomic E-state index is 0. The van der Waals surface area contributed by atoms with Crippen LogP contribution in [0.4, 0.5) is 5.69 Å². The zero-order valence-electron chi connectivity index (χ0n) is 12.4. The fraction of sp³-hybridized carbons (Fsp3) is 0.467. The minimum atomic E-state index is -0.806. The number of aldehydes is 1. The smallest absolute Gasteiger partial charge is 0.303 e. The lowest BCUT2D eigenvalue weighted by atomic mass is 9.99. The number of rotatable bonds is 9.